The van der Waals surface area contributed by atoms with Crippen molar-refractivity contribution in [2.45, 2.75) is 12.8 Å². The first-order valence-corrected chi connectivity index (χ1v) is 9.29. The number of nitrogens with zero attached hydrogens (tertiary/aromatic N) is 2. The van der Waals surface area contributed by atoms with E-state index in [1.807, 2.05) is 51.6 Å². The largest absolute Gasteiger partial charge is 0.496 e. The van der Waals surface area contributed by atoms with Gasteiger partial charge < -0.3 is 14.5 Å². The normalized spacial score (nSPS) is 14.4. The van der Waals surface area contributed by atoms with Crippen molar-refractivity contribution in [3.63, 3.8) is 0 Å². The molecule has 0 atom stereocenters. The number of aryl methyl sites for hydroxylation is 1. The van der Waals surface area contributed by atoms with Gasteiger partial charge in [-0.1, -0.05) is 24.3 Å². The number of carbonyl (C=O) groups excluding carboxylic acids is 2. The molecule has 2 aromatic rings. The van der Waals surface area contributed by atoms with E-state index in [9.17, 15) is 9.59 Å². The Morgan fingerprint density at radius 1 is 1.04 bits per heavy atom. The summed E-state index contributed by atoms with van der Waals surface area (Å²) in [6.45, 7) is 2.39. The van der Waals surface area contributed by atoms with Gasteiger partial charge in [-0.25, -0.2) is 0 Å². The van der Waals surface area contributed by atoms with Crippen LogP contribution in [0.1, 0.15) is 21.7 Å². The highest BCUT2D eigenvalue weighted by Crippen LogP contribution is 2.20. The van der Waals surface area contributed by atoms with E-state index in [0.29, 0.717) is 39.0 Å². The molecular formula is C19H22N2O3S. The molecule has 0 saturated carbocycles. The number of hydrogen-bond donors (Lipinski definition) is 0. The summed E-state index contributed by atoms with van der Waals surface area (Å²) in [7, 11) is 1.64. The Balaban J connectivity index is 1.49. The molecular weight excluding hydrogens is 336 g/mol. The zero-order chi connectivity index (χ0) is 17.6. The number of para-hydroxylation sites is 1. The Morgan fingerprint density at radius 2 is 1.76 bits per heavy atom. The lowest BCUT2D eigenvalue weighted by Gasteiger charge is -2.34. The molecule has 5 nitrogen and oxygen atoms in total. The van der Waals surface area contributed by atoms with E-state index >= 15 is 0 Å². The number of ether oxygens (including phenoxy) is 1. The predicted molar refractivity (Wildman–Crippen MR) is 98.1 cm³/mol. The van der Waals surface area contributed by atoms with Gasteiger partial charge in [-0.05, 0) is 29.5 Å². The molecule has 0 bridgehead atoms. The quantitative estimate of drug-likeness (QED) is 0.826. The average Bonchev–Trinajstić information content (AvgIpc) is 3.20. The topological polar surface area (TPSA) is 49.9 Å². The number of thiophene rings is 1. The van der Waals surface area contributed by atoms with Crippen molar-refractivity contribution in [3.05, 3.63) is 52.2 Å². The van der Waals surface area contributed by atoms with E-state index in [0.717, 1.165) is 16.2 Å². The van der Waals surface area contributed by atoms with Gasteiger partial charge in [-0.3, -0.25) is 9.59 Å². The predicted octanol–water partition coefficient (Wildman–Crippen LogP) is 2.67. The summed E-state index contributed by atoms with van der Waals surface area (Å²) in [6.07, 6.45) is 1.12. The van der Waals surface area contributed by atoms with Crippen molar-refractivity contribution in [1.82, 2.24) is 9.80 Å². The van der Waals surface area contributed by atoms with Gasteiger partial charge in [-0.15, -0.1) is 11.3 Å². The lowest BCUT2D eigenvalue weighted by atomic mass is 10.1. The molecule has 1 aromatic carbocycles. The molecule has 2 heterocycles. The Kier molecular flexibility index (Phi) is 5.71. The van der Waals surface area contributed by atoms with Crippen molar-refractivity contribution in [3.8, 4) is 5.75 Å². The Morgan fingerprint density at radius 3 is 2.44 bits per heavy atom. The second-order valence-corrected chi connectivity index (χ2v) is 6.91. The van der Waals surface area contributed by atoms with Crippen LogP contribution in [0.5, 0.6) is 5.75 Å². The number of benzene rings is 1. The average molecular weight is 358 g/mol. The second kappa shape index (κ2) is 8.16. The summed E-state index contributed by atoms with van der Waals surface area (Å²) in [4.78, 5) is 29.2. The standard InChI is InChI=1S/C19H22N2O3S/c1-24-16-6-3-2-5-15(16)8-9-18(22)20-10-12-21(13-11-20)19(23)17-7-4-14-25-17/h2-7,14H,8-13H2,1H3. The minimum absolute atomic E-state index is 0.0659. The number of rotatable bonds is 5. The van der Waals surface area contributed by atoms with E-state index in [4.69, 9.17) is 4.74 Å². The van der Waals surface area contributed by atoms with Gasteiger partial charge in [0.2, 0.25) is 5.91 Å². The Labute approximate surface area is 151 Å². The third kappa shape index (κ3) is 4.20. The summed E-state index contributed by atoms with van der Waals surface area (Å²) in [5.74, 6) is 1.02. The lowest BCUT2D eigenvalue weighted by Crippen LogP contribution is -2.50. The highest BCUT2D eigenvalue weighted by Gasteiger charge is 2.25. The molecule has 0 unspecified atom stereocenters. The maximum atomic E-state index is 12.5. The molecule has 0 N–H and O–H groups in total. The molecule has 1 aliphatic heterocycles. The minimum atomic E-state index is 0.0659. The van der Waals surface area contributed by atoms with Crippen molar-refractivity contribution in [2.24, 2.45) is 0 Å². The van der Waals surface area contributed by atoms with Crippen molar-refractivity contribution in [1.29, 1.82) is 0 Å². The van der Waals surface area contributed by atoms with Crippen molar-refractivity contribution in [2.75, 3.05) is 33.3 Å². The smallest absolute Gasteiger partial charge is 0.264 e. The SMILES string of the molecule is COc1ccccc1CCC(=O)N1CCN(C(=O)c2cccs2)CC1. The summed E-state index contributed by atoms with van der Waals surface area (Å²) >= 11 is 1.46. The zero-order valence-corrected chi connectivity index (χ0v) is 15.1. The van der Waals surface area contributed by atoms with E-state index in [-0.39, 0.29) is 11.8 Å². The highest BCUT2D eigenvalue weighted by molar-refractivity contribution is 7.12. The van der Waals surface area contributed by atoms with Gasteiger partial charge in [0.15, 0.2) is 0 Å². The molecule has 1 aromatic heterocycles. The van der Waals surface area contributed by atoms with Gasteiger partial charge in [-0.2, -0.15) is 0 Å². The third-order valence-corrected chi connectivity index (χ3v) is 5.31. The Bertz CT molecular complexity index is 722. The molecule has 25 heavy (non-hydrogen) atoms. The van der Waals surface area contributed by atoms with Gasteiger partial charge in [0.25, 0.3) is 5.91 Å². The van der Waals surface area contributed by atoms with Gasteiger partial charge in [0.05, 0.1) is 12.0 Å². The molecule has 1 aliphatic rings. The molecule has 1 fully saturated rings. The zero-order valence-electron chi connectivity index (χ0n) is 14.3. The first kappa shape index (κ1) is 17.5. The van der Waals surface area contributed by atoms with E-state index in [1.54, 1.807) is 7.11 Å². The van der Waals surface area contributed by atoms with Crippen LogP contribution in [0.25, 0.3) is 0 Å². The first-order valence-electron chi connectivity index (χ1n) is 8.41. The number of methoxy groups -OCH3 is 1. The van der Waals surface area contributed by atoms with Crippen LogP contribution < -0.4 is 4.74 Å². The molecule has 0 spiro atoms. The lowest BCUT2D eigenvalue weighted by molar-refractivity contribution is -0.132. The number of amides is 2. The van der Waals surface area contributed by atoms with E-state index in [1.165, 1.54) is 11.3 Å². The van der Waals surface area contributed by atoms with Gasteiger partial charge in [0.1, 0.15) is 5.75 Å². The molecule has 0 radical (unpaired) electrons. The fourth-order valence-electron chi connectivity index (χ4n) is 3.02. The molecule has 6 heteroatoms. The van der Waals surface area contributed by atoms with Crippen LogP contribution in [0.15, 0.2) is 41.8 Å². The molecule has 132 valence electrons. The van der Waals surface area contributed by atoms with Crippen LogP contribution in [0.4, 0.5) is 0 Å². The highest BCUT2D eigenvalue weighted by atomic mass is 32.1. The summed E-state index contributed by atoms with van der Waals surface area (Å²) in [5, 5.41) is 1.91. The Hall–Kier alpha value is -2.34. The monoisotopic (exact) mass is 358 g/mol. The first-order chi connectivity index (χ1) is 12.2. The van der Waals surface area contributed by atoms with Crippen molar-refractivity contribution < 1.29 is 14.3 Å². The molecule has 1 saturated heterocycles. The number of hydrogen-bond acceptors (Lipinski definition) is 4. The van der Waals surface area contributed by atoms with E-state index in [2.05, 4.69) is 0 Å². The molecule has 2 amide bonds. The number of piperazine rings is 1. The van der Waals surface area contributed by atoms with E-state index < -0.39 is 0 Å². The molecule has 3 rings (SSSR count). The fourth-order valence-corrected chi connectivity index (χ4v) is 3.72. The van der Waals surface area contributed by atoms with Crippen LogP contribution in [-0.4, -0.2) is 54.9 Å². The van der Waals surface area contributed by atoms with Crippen LogP contribution in [-0.2, 0) is 11.2 Å². The van der Waals surface area contributed by atoms with Crippen LogP contribution >= 0.6 is 11.3 Å². The molecule has 0 aliphatic carbocycles. The summed E-state index contributed by atoms with van der Waals surface area (Å²) in [5.41, 5.74) is 1.05. The maximum absolute atomic E-state index is 12.5. The maximum Gasteiger partial charge on any atom is 0.264 e. The summed E-state index contributed by atoms with van der Waals surface area (Å²) < 4.78 is 5.33. The van der Waals surface area contributed by atoms with Crippen LogP contribution in [0, 0.1) is 0 Å². The van der Waals surface area contributed by atoms with Crippen LogP contribution in [0.3, 0.4) is 0 Å². The third-order valence-electron chi connectivity index (χ3n) is 4.45. The van der Waals surface area contributed by atoms with Gasteiger partial charge >= 0.3 is 0 Å². The van der Waals surface area contributed by atoms with Crippen molar-refractivity contribution >= 4 is 23.2 Å². The fraction of sp³-hybridized carbons (Fsp3) is 0.368. The minimum Gasteiger partial charge on any atom is -0.496 e. The summed E-state index contributed by atoms with van der Waals surface area (Å²) in [6, 6.07) is 11.5. The van der Waals surface area contributed by atoms with Gasteiger partial charge in [0, 0.05) is 32.6 Å². The second-order valence-electron chi connectivity index (χ2n) is 5.96. The van der Waals surface area contributed by atoms with Crippen LogP contribution in [0.2, 0.25) is 0 Å². The number of carbonyl (C=O) groups is 2.